The van der Waals surface area contributed by atoms with Gasteiger partial charge in [-0.3, -0.25) is 9.69 Å². The molecule has 2 aliphatic heterocycles. The summed E-state index contributed by atoms with van der Waals surface area (Å²) in [5.41, 5.74) is 2.13. The van der Waals surface area contributed by atoms with Crippen LogP contribution in [0.5, 0.6) is 11.5 Å². The average molecular weight is 402 g/mol. The number of hydrogen-bond acceptors (Lipinski definition) is 5. The van der Waals surface area contributed by atoms with E-state index in [4.69, 9.17) is 9.47 Å². The Hall–Kier alpha value is -2.74. The second-order valence-electron chi connectivity index (χ2n) is 7.20. The molecular weight excluding hydrogens is 372 g/mol. The van der Waals surface area contributed by atoms with Crippen molar-refractivity contribution < 1.29 is 19.1 Å². The summed E-state index contributed by atoms with van der Waals surface area (Å²) in [6, 6.07) is 4.66. The molecule has 3 amide bonds. The van der Waals surface area contributed by atoms with E-state index in [0.29, 0.717) is 30.2 Å². The lowest BCUT2D eigenvalue weighted by molar-refractivity contribution is -0.126. The second kappa shape index (κ2) is 8.73. The Morgan fingerprint density at radius 1 is 1.10 bits per heavy atom. The summed E-state index contributed by atoms with van der Waals surface area (Å²) in [4.78, 5) is 31.5. The third-order valence-electron chi connectivity index (χ3n) is 5.72. The number of hydrogen-bond donors (Lipinski definition) is 1. The summed E-state index contributed by atoms with van der Waals surface area (Å²) in [5.74, 6) is 1.18. The minimum Gasteiger partial charge on any atom is -0.497 e. The fourth-order valence-electron chi connectivity index (χ4n) is 3.85. The molecule has 0 bridgehead atoms. The Morgan fingerprint density at radius 3 is 2.28 bits per heavy atom. The van der Waals surface area contributed by atoms with Crippen molar-refractivity contribution >= 4 is 11.9 Å². The third kappa shape index (κ3) is 4.03. The number of urea groups is 1. The molecule has 2 heterocycles. The van der Waals surface area contributed by atoms with E-state index in [9.17, 15) is 9.59 Å². The molecule has 158 valence electrons. The van der Waals surface area contributed by atoms with Gasteiger partial charge in [-0.15, -0.1) is 0 Å². The molecule has 1 aromatic rings. The first-order chi connectivity index (χ1) is 13.9. The number of ether oxygens (including phenoxy) is 2. The summed E-state index contributed by atoms with van der Waals surface area (Å²) in [7, 11) is 4.85. The van der Waals surface area contributed by atoms with Crippen molar-refractivity contribution in [2.75, 3.05) is 54.0 Å². The van der Waals surface area contributed by atoms with E-state index in [-0.39, 0.29) is 11.9 Å². The van der Waals surface area contributed by atoms with Crippen molar-refractivity contribution in [3.05, 3.63) is 35.0 Å². The van der Waals surface area contributed by atoms with Crippen molar-refractivity contribution in [1.82, 2.24) is 20.0 Å². The Labute approximate surface area is 172 Å². The number of nitrogens with zero attached hydrogens (tertiary/aromatic N) is 3. The minimum absolute atomic E-state index is 0.0363. The Kier molecular flexibility index (Phi) is 6.32. The lowest BCUT2D eigenvalue weighted by Gasteiger charge is -2.31. The molecule has 1 aromatic carbocycles. The number of likely N-dealkylation sites (N-methyl/N-ethyl adjacent to an activating group) is 2. The van der Waals surface area contributed by atoms with Crippen molar-refractivity contribution in [2.24, 2.45) is 0 Å². The van der Waals surface area contributed by atoms with Crippen molar-refractivity contribution in [3.8, 4) is 11.5 Å². The highest BCUT2D eigenvalue weighted by Gasteiger charge is 2.43. The lowest BCUT2D eigenvalue weighted by Crippen LogP contribution is -2.45. The molecule has 8 heteroatoms. The SMILES string of the molecule is CCN(CC)CCN1CC2=C(C1=O)[C@H](c1cc(OC)cc(OC)c1)NC(=O)N2C. The van der Waals surface area contributed by atoms with E-state index in [1.165, 1.54) is 0 Å². The zero-order chi connectivity index (χ0) is 21.1. The first-order valence-corrected chi connectivity index (χ1v) is 9.95. The quantitative estimate of drug-likeness (QED) is 0.718. The number of benzene rings is 1. The third-order valence-corrected chi connectivity index (χ3v) is 5.72. The number of nitrogens with one attached hydrogen (secondary N) is 1. The second-order valence-corrected chi connectivity index (χ2v) is 7.20. The van der Waals surface area contributed by atoms with Crippen LogP contribution in [0.4, 0.5) is 4.79 Å². The van der Waals surface area contributed by atoms with E-state index in [0.717, 1.165) is 30.9 Å². The maximum absolute atomic E-state index is 13.3. The molecule has 0 radical (unpaired) electrons. The first-order valence-electron chi connectivity index (χ1n) is 9.95. The van der Waals surface area contributed by atoms with Gasteiger partial charge in [-0.2, -0.15) is 0 Å². The molecule has 29 heavy (non-hydrogen) atoms. The van der Waals surface area contributed by atoms with Crippen LogP contribution in [0.25, 0.3) is 0 Å². The van der Waals surface area contributed by atoms with Gasteiger partial charge in [0.05, 0.1) is 38.1 Å². The van der Waals surface area contributed by atoms with Gasteiger partial charge in [0.1, 0.15) is 11.5 Å². The Balaban J connectivity index is 1.92. The van der Waals surface area contributed by atoms with Gasteiger partial charge in [-0.1, -0.05) is 13.8 Å². The van der Waals surface area contributed by atoms with Crippen LogP contribution in [0.3, 0.4) is 0 Å². The normalized spacial score (nSPS) is 19.0. The number of carbonyl (C=O) groups is 2. The van der Waals surface area contributed by atoms with Crippen LogP contribution in [-0.4, -0.2) is 80.6 Å². The smallest absolute Gasteiger partial charge is 0.322 e. The van der Waals surface area contributed by atoms with Crippen LogP contribution in [0, 0.1) is 0 Å². The molecule has 1 N–H and O–H groups in total. The molecule has 8 nitrogen and oxygen atoms in total. The maximum atomic E-state index is 13.3. The highest BCUT2D eigenvalue weighted by molar-refractivity contribution is 6.01. The van der Waals surface area contributed by atoms with Crippen LogP contribution >= 0.6 is 0 Å². The fourth-order valence-corrected chi connectivity index (χ4v) is 3.85. The predicted octanol–water partition coefficient (Wildman–Crippen LogP) is 1.84. The average Bonchev–Trinajstić information content (AvgIpc) is 3.07. The monoisotopic (exact) mass is 402 g/mol. The Bertz CT molecular complexity index is 797. The molecule has 0 saturated heterocycles. The lowest BCUT2D eigenvalue weighted by atomic mass is 9.95. The molecule has 0 aliphatic carbocycles. The van der Waals surface area contributed by atoms with E-state index in [2.05, 4.69) is 24.1 Å². The molecular formula is C21H30N4O4. The summed E-state index contributed by atoms with van der Waals surface area (Å²) in [5, 5.41) is 2.95. The molecule has 0 saturated carbocycles. The fraction of sp³-hybridized carbons (Fsp3) is 0.524. The Morgan fingerprint density at radius 2 is 1.72 bits per heavy atom. The highest BCUT2D eigenvalue weighted by Crippen LogP contribution is 2.38. The first kappa shape index (κ1) is 21.0. The molecule has 0 aromatic heterocycles. The van der Waals surface area contributed by atoms with Gasteiger partial charge in [0.2, 0.25) is 0 Å². The maximum Gasteiger partial charge on any atom is 0.322 e. The van der Waals surface area contributed by atoms with Crippen molar-refractivity contribution in [3.63, 3.8) is 0 Å². The van der Waals surface area contributed by atoms with Gasteiger partial charge in [-0.25, -0.2) is 4.79 Å². The van der Waals surface area contributed by atoms with Crippen LogP contribution in [0.1, 0.15) is 25.5 Å². The van der Waals surface area contributed by atoms with Gasteiger partial charge < -0.3 is 24.6 Å². The number of methoxy groups -OCH3 is 2. The topological polar surface area (TPSA) is 74.4 Å². The summed E-state index contributed by atoms with van der Waals surface area (Å²) in [6.07, 6.45) is 0. The molecule has 1 atom stereocenters. The molecule has 2 aliphatic rings. The zero-order valence-electron chi connectivity index (χ0n) is 17.8. The summed E-state index contributed by atoms with van der Waals surface area (Å²) < 4.78 is 10.7. The van der Waals surface area contributed by atoms with Gasteiger partial charge in [0.15, 0.2) is 0 Å². The summed E-state index contributed by atoms with van der Waals surface area (Å²) in [6.45, 7) is 7.99. The van der Waals surface area contributed by atoms with Gasteiger partial charge in [0.25, 0.3) is 5.91 Å². The number of carbonyl (C=O) groups excluding carboxylic acids is 2. The van der Waals surface area contributed by atoms with Crippen LogP contribution in [-0.2, 0) is 4.79 Å². The predicted molar refractivity (Wildman–Crippen MR) is 110 cm³/mol. The number of amides is 3. The highest BCUT2D eigenvalue weighted by atomic mass is 16.5. The minimum atomic E-state index is -0.538. The zero-order valence-corrected chi connectivity index (χ0v) is 17.8. The van der Waals surface area contributed by atoms with E-state index in [1.807, 2.05) is 17.0 Å². The van der Waals surface area contributed by atoms with Crippen LogP contribution in [0.15, 0.2) is 29.5 Å². The molecule has 3 rings (SSSR count). The van der Waals surface area contributed by atoms with Gasteiger partial charge in [-0.05, 0) is 30.8 Å². The van der Waals surface area contributed by atoms with E-state index < -0.39 is 6.04 Å². The largest absolute Gasteiger partial charge is 0.497 e. The summed E-state index contributed by atoms with van der Waals surface area (Å²) >= 11 is 0. The van der Waals surface area contributed by atoms with E-state index in [1.54, 1.807) is 32.2 Å². The number of rotatable bonds is 8. The van der Waals surface area contributed by atoms with Gasteiger partial charge in [0, 0.05) is 26.2 Å². The van der Waals surface area contributed by atoms with E-state index >= 15 is 0 Å². The standard InChI is InChI=1S/C21H30N4O4/c1-6-24(7-2)8-9-25-13-17-18(20(25)26)19(22-21(27)23(17)3)14-10-15(28-4)12-16(11-14)29-5/h10-12,19H,6-9,13H2,1-5H3,(H,22,27)/t19-/m0/s1. The van der Waals surface area contributed by atoms with Crippen LogP contribution in [0.2, 0.25) is 0 Å². The van der Waals surface area contributed by atoms with Crippen molar-refractivity contribution in [1.29, 1.82) is 0 Å². The van der Waals surface area contributed by atoms with Crippen molar-refractivity contribution in [2.45, 2.75) is 19.9 Å². The van der Waals surface area contributed by atoms with Gasteiger partial charge >= 0.3 is 6.03 Å². The molecule has 0 fully saturated rings. The molecule has 0 unspecified atom stereocenters. The van der Waals surface area contributed by atoms with Crippen LogP contribution < -0.4 is 14.8 Å². The molecule has 0 spiro atoms.